The van der Waals surface area contributed by atoms with Crippen molar-refractivity contribution in [2.75, 3.05) is 35.6 Å². The summed E-state index contributed by atoms with van der Waals surface area (Å²) in [4.78, 5) is 30.0. The van der Waals surface area contributed by atoms with Gasteiger partial charge >= 0.3 is 6.09 Å². The Balaban J connectivity index is 0.00000195. The largest absolute Gasteiger partial charge is 0.444 e. The van der Waals surface area contributed by atoms with Crippen molar-refractivity contribution in [1.29, 1.82) is 5.26 Å². The lowest BCUT2D eigenvalue weighted by molar-refractivity contribution is 0.0159. The minimum absolute atomic E-state index is 0.0481. The van der Waals surface area contributed by atoms with Crippen LogP contribution < -0.4 is 16.0 Å². The van der Waals surface area contributed by atoms with Crippen molar-refractivity contribution in [2.45, 2.75) is 66.7 Å². The van der Waals surface area contributed by atoms with Crippen LogP contribution in [0.3, 0.4) is 0 Å². The molecule has 11 heteroatoms. The van der Waals surface area contributed by atoms with Gasteiger partial charge in [-0.25, -0.2) is 14.8 Å². The van der Waals surface area contributed by atoms with Crippen molar-refractivity contribution in [3.05, 3.63) is 35.3 Å². The summed E-state index contributed by atoms with van der Waals surface area (Å²) in [5.41, 5.74) is 9.81. The first-order chi connectivity index (χ1) is 18.0. The number of aromatic nitrogens is 4. The Bertz CT molecular complexity index is 1340. The van der Waals surface area contributed by atoms with Gasteiger partial charge < -0.3 is 30.2 Å². The van der Waals surface area contributed by atoms with Gasteiger partial charge in [0.25, 0.3) is 0 Å². The van der Waals surface area contributed by atoms with Crippen molar-refractivity contribution in [1.82, 2.24) is 24.4 Å². The van der Waals surface area contributed by atoms with Gasteiger partial charge in [-0.05, 0) is 46.8 Å². The first-order valence-electron chi connectivity index (χ1n) is 12.9. The predicted octanol–water partition coefficient (Wildman–Crippen LogP) is 4.21. The lowest BCUT2D eigenvalue weighted by Gasteiger charge is -2.41. The molecule has 4 rings (SSSR count). The second kappa shape index (κ2) is 11.5. The van der Waals surface area contributed by atoms with Crippen LogP contribution in [-0.4, -0.2) is 61.8 Å². The van der Waals surface area contributed by atoms with Crippen molar-refractivity contribution < 1.29 is 9.53 Å². The van der Waals surface area contributed by atoms with Gasteiger partial charge in [0.15, 0.2) is 0 Å². The molecular weight excluding hydrogens is 482 g/mol. The highest BCUT2D eigenvalue weighted by Gasteiger charge is 2.32. The summed E-state index contributed by atoms with van der Waals surface area (Å²) in [5, 5.41) is 12.8. The highest BCUT2D eigenvalue weighted by molar-refractivity contribution is 5.81. The molecular formula is C27H39N9O2. The van der Waals surface area contributed by atoms with Crippen molar-refractivity contribution in [3.63, 3.8) is 0 Å². The van der Waals surface area contributed by atoms with E-state index >= 15 is 0 Å². The number of nitrogens with one attached hydrogen (secondary N) is 1. The summed E-state index contributed by atoms with van der Waals surface area (Å²) in [6, 6.07) is 6.20. The molecule has 4 heterocycles. The molecule has 0 aliphatic carbocycles. The normalized spacial score (nSPS) is 15.5. The minimum atomic E-state index is -0.542. The maximum Gasteiger partial charge on any atom is 0.410 e. The first-order valence-corrected chi connectivity index (χ1v) is 12.9. The number of aryl methyl sites for hydroxylation is 2. The number of rotatable bonds is 4. The van der Waals surface area contributed by atoms with E-state index in [4.69, 9.17) is 15.5 Å². The number of pyridine rings is 1. The second-order valence-corrected chi connectivity index (χ2v) is 10.1. The van der Waals surface area contributed by atoms with Gasteiger partial charge in [0.05, 0.1) is 34.7 Å². The highest BCUT2D eigenvalue weighted by Crippen LogP contribution is 2.29. The highest BCUT2D eigenvalue weighted by atomic mass is 16.6. The van der Waals surface area contributed by atoms with E-state index in [1.54, 1.807) is 11.8 Å². The molecule has 0 bridgehead atoms. The second-order valence-electron chi connectivity index (χ2n) is 10.1. The number of fused-ring (bicyclic) bond motifs is 1. The molecule has 1 atom stereocenters. The molecule has 0 spiro atoms. The van der Waals surface area contributed by atoms with E-state index in [0.29, 0.717) is 43.3 Å². The molecule has 0 aromatic carbocycles. The average molecular weight is 522 g/mol. The van der Waals surface area contributed by atoms with Crippen LogP contribution in [0.15, 0.2) is 18.3 Å². The number of piperazine rings is 1. The fourth-order valence-corrected chi connectivity index (χ4v) is 4.41. The third kappa shape index (κ3) is 6.25. The Morgan fingerprint density at radius 1 is 1.26 bits per heavy atom. The van der Waals surface area contributed by atoms with Crippen LogP contribution in [0.2, 0.25) is 0 Å². The van der Waals surface area contributed by atoms with E-state index in [0.717, 1.165) is 22.4 Å². The number of anilines is 3. The summed E-state index contributed by atoms with van der Waals surface area (Å²) in [6.07, 6.45) is 1.68. The lowest BCUT2D eigenvalue weighted by Crippen LogP contribution is -2.55. The van der Waals surface area contributed by atoms with Crippen LogP contribution in [0.4, 0.5) is 22.2 Å². The molecule has 3 N–H and O–H groups in total. The molecule has 0 radical (unpaired) electrons. The zero-order chi connectivity index (χ0) is 28.2. The van der Waals surface area contributed by atoms with E-state index < -0.39 is 5.60 Å². The van der Waals surface area contributed by atoms with E-state index in [-0.39, 0.29) is 18.1 Å². The molecule has 204 valence electrons. The summed E-state index contributed by atoms with van der Waals surface area (Å²) in [7, 11) is 1.99. The van der Waals surface area contributed by atoms with Crippen LogP contribution in [0, 0.1) is 18.3 Å². The van der Waals surface area contributed by atoms with Crippen molar-refractivity contribution >= 4 is 34.6 Å². The predicted molar refractivity (Wildman–Crippen MR) is 150 cm³/mol. The SMILES string of the molecule is CC.Cc1nc(N)nc(NCc2nc3ccn(C)c3cc2N2CCN(C(=O)OC(C)(C)C)C(C)C2)c1C#N. The van der Waals surface area contributed by atoms with Crippen LogP contribution in [0.25, 0.3) is 11.0 Å². The molecule has 1 amide bonds. The van der Waals surface area contributed by atoms with Gasteiger partial charge in [0, 0.05) is 38.9 Å². The van der Waals surface area contributed by atoms with Gasteiger partial charge in [-0.3, -0.25) is 0 Å². The van der Waals surface area contributed by atoms with E-state index in [1.807, 2.05) is 65.4 Å². The van der Waals surface area contributed by atoms with Gasteiger partial charge in [-0.1, -0.05) is 13.8 Å². The van der Waals surface area contributed by atoms with Crippen LogP contribution in [-0.2, 0) is 18.3 Å². The number of ether oxygens (including phenoxy) is 1. The van der Waals surface area contributed by atoms with Gasteiger partial charge in [-0.2, -0.15) is 10.2 Å². The molecule has 1 unspecified atom stereocenters. The molecule has 1 aliphatic heterocycles. The Hall–Kier alpha value is -4.07. The number of amides is 1. The van der Waals surface area contributed by atoms with Gasteiger partial charge in [0.1, 0.15) is 23.1 Å². The monoisotopic (exact) mass is 521 g/mol. The summed E-state index contributed by atoms with van der Waals surface area (Å²) >= 11 is 0. The molecule has 3 aromatic heterocycles. The van der Waals surface area contributed by atoms with Crippen molar-refractivity contribution in [2.24, 2.45) is 7.05 Å². The third-order valence-electron chi connectivity index (χ3n) is 6.16. The van der Waals surface area contributed by atoms with E-state index in [1.165, 1.54) is 0 Å². The molecule has 1 saturated heterocycles. The summed E-state index contributed by atoms with van der Waals surface area (Å²) in [5.74, 6) is 0.485. The quantitative estimate of drug-likeness (QED) is 0.517. The minimum Gasteiger partial charge on any atom is -0.444 e. The van der Waals surface area contributed by atoms with Crippen LogP contribution in [0.5, 0.6) is 0 Å². The fraction of sp³-hybridized carbons (Fsp3) is 0.519. The zero-order valence-electron chi connectivity index (χ0n) is 23.7. The zero-order valence-corrected chi connectivity index (χ0v) is 23.7. The number of nitrogen functional groups attached to an aromatic ring is 1. The summed E-state index contributed by atoms with van der Waals surface area (Å²) < 4.78 is 7.63. The topological polar surface area (TPSA) is 138 Å². The average Bonchev–Trinajstić information content (AvgIpc) is 3.21. The van der Waals surface area contributed by atoms with E-state index in [9.17, 15) is 10.1 Å². The van der Waals surface area contributed by atoms with Gasteiger partial charge in [0.2, 0.25) is 5.95 Å². The lowest BCUT2D eigenvalue weighted by atomic mass is 10.1. The molecule has 0 saturated carbocycles. The third-order valence-corrected chi connectivity index (χ3v) is 6.16. The van der Waals surface area contributed by atoms with E-state index in [2.05, 4.69) is 32.3 Å². The number of hydrogen-bond acceptors (Lipinski definition) is 9. The Kier molecular flexibility index (Phi) is 8.66. The molecule has 1 fully saturated rings. The molecule has 38 heavy (non-hydrogen) atoms. The van der Waals surface area contributed by atoms with Gasteiger partial charge in [-0.15, -0.1) is 0 Å². The van der Waals surface area contributed by atoms with Crippen LogP contribution in [0.1, 0.15) is 58.5 Å². The number of carbonyl (C=O) groups excluding carboxylic acids is 1. The maximum atomic E-state index is 12.7. The smallest absolute Gasteiger partial charge is 0.410 e. The Morgan fingerprint density at radius 3 is 2.61 bits per heavy atom. The molecule has 1 aliphatic rings. The number of nitriles is 1. The molecule has 11 nitrogen and oxygen atoms in total. The summed E-state index contributed by atoms with van der Waals surface area (Å²) in [6.45, 7) is 15.5. The number of nitrogens with zero attached hydrogens (tertiary/aromatic N) is 7. The fourth-order valence-electron chi connectivity index (χ4n) is 4.41. The number of carbonyl (C=O) groups is 1. The Labute approximate surface area is 224 Å². The number of hydrogen-bond donors (Lipinski definition) is 2. The van der Waals surface area contributed by atoms with Crippen molar-refractivity contribution in [3.8, 4) is 6.07 Å². The maximum absolute atomic E-state index is 12.7. The Morgan fingerprint density at radius 2 is 1.97 bits per heavy atom. The number of nitrogens with two attached hydrogens (primary N) is 1. The van der Waals surface area contributed by atoms with Crippen LogP contribution >= 0.6 is 0 Å². The molecule has 3 aromatic rings. The first kappa shape index (κ1) is 28.5. The standard InChI is InChI=1S/C25H33N9O2.C2H6/c1-15-14-33(9-10-34(15)24(35)36-25(3,4)5)21-11-20-18(7-8-32(20)6)30-19(21)13-28-22-17(12-26)16(2)29-23(27)31-22;1-2/h7-8,11,15H,9-10,13-14H2,1-6H3,(H3,27,28,29,31);1-2H3.